The van der Waals surface area contributed by atoms with Gasteiger partial charge in [-0.1, -0.05) is 399 Å². The van der Waals surface area contributed by atoms with Gasteiger partial charge in [0.05, 0.1) is 25.4 Å². The molecule has 2 atom stereocenters. The highest BCUT2D eigenvalue weighted by Gasteiger charge is 2.20. The highest BCUT2D eigenvalue weighted by molar-refractivity contribution is 5.76. The minimum atomic E-state index is -0.663. The molecule has 0 saturated heterocycles. The predicted octanol–water partition coefficient (Wildman–Crippen LogP) is 24.2. The van der Waals surface area contributed by atoms with E-state index in [2.05, 4.69) is 19.2 Å². The van der Waals surface area contributed by atoms with Crippen molar-refractivity contribution in [2.45, 2.75) is 450 Å². The third-order valence-electron chi connectivity index (χ3n) is 17.9. The molecule has 0 rings (SSSR count). The van der Waals surface area contributed by atoms with E-state index in [4.69, 9.17) is 4.74 Å². The molecule has 0 saturated carbocycles. The SMILES string of the molecule is CCCCCCCCCCCCCCCCCCCCCCC(O)C(CO)NC(=O)CCCCCCCCCCCCCCCCCCCCCCCCCCCCOC(=O)CCCCCCCCCCCCCCCCCCC. The number of amides is 1. The maximum absolute atomic E-state index is 12.5. The second-order valence-electron chi connectivity index (χ2n) is 26.0. The Kier molecular flexibility index (Phi) is 69.3. The van der Waals surface area contributed by atoms with Gasteiger partial charge in [0.1, 0.15) is 0 Å². The summed E-state index contributed by atoms with van der Waals surface area (Å²) in [5.74, 6) is -0.00430. The van der Waals surface area contributed by atoms with Crippen LogP contribution in [0.3, 0.4) is 0 Å². The van der Waals surface area contributed by atoms with Gasteiger partial charge in [0.2, 0.25) is 5.91 Å². The minimum absolute atomic E-state index is 0.0228. The topological polar surface area (TPSA) is 95.9 Å². The lowest BCUT2D eigenvalue weighted by Gasteiger charge is -2.22. The van der Waals surface area contributed by atoms with Crippen LogP contribution in [0.25, 0.3) is 0 Å². The summed E-state index contributed by atoms with van der Waals surface area (Å²) >= 11 is 0. The fourth-order valence-corrected chi connectivity index (χ4v) is 12.2. The van der Waals surface area contributed by atoms with E-state index in [1.165, 1.54) is 366 Å². The van der Waals surface area contributed by atoms with Gasteiger partial charge in [0, 0.05) is 12.8 Å². The standard InChI is InChI=1S/C74H147NO5/c1-3-5-7-9-11-13-15-17-19-21-22-31-35-38-42-46-50-54-58-62-66-72(77)71(70-76)75-73(78)67-63-59-55-51-47-43-39-36-32-29-27-25-23-24-26-28-30-33-37-41-45-49-53-57-61-65-69-80-74(79)68-64-60-56-52-48-44-40-34-20-18-16-14-12-10-8-6-4-2/h71-72,76-77H,3-70H2,1-2H3,(H,75,78). The number of ether oxygens (including phenoxy) is 1. The number of rotatable bonds is 71. The summed E-state index contributed by atoms with van der Waals surface area (Å²) in [7, 11) is 0. The molecule has 478 valence electrons. The lowest BCUT2D eigenvalue weighted by molar-refractivity contribution is -0.143. The number of unbranched alkanes of at least 4 members (excludes halogenated alkanes) is 60. The molecular weight excluding hydrogens is 983 g/mol. The van der Waals surface area contributed by atoms with Crippen molar-refractivity contribution < 1.29 is 24.5 Å². The Balaban J connectivity index is 3.33. The van der Waals surface area contributed by atoms with Crippen LogP contribution in [-0.2, 0) is 14.3 Å². The first-order chi connectivity index (χ1) is 39.5. The zero-order valence-corrected chi connectivity index (χ0v) is 54.9. The molecule has 0 spiro atoms. The summed E-state index contributed by atoms with van der Waals surface area (Å²) in [5, 5.41) is 23.4. The first-order valence-corrected chi connectivity index (χ1v) is 37.3. The molecule has 0 heterocycles. The Morgan fingerprint density at radius 1 is 0.300 bits per heavy atom. The third-order valence-corrected chi connectivity index (χ3v) is 17.9. The van der Waals surface area contributed by atoms with Gasteiger partial charge in [-0.05, 0) is 25.7 Å². The van der Waals surface area contributed by atoms with Gasteiger partial charge in [-0.2, -0.15) is 0 Å². The smallest absolute Gasteiger partial charge is 0.305 e. The van der Waals surface area contributed by atoms with Crippen molar-refractivity contribution in [1.82, 2.24) is 5.32 Å². The molecule has 1 amide bonds. The van der Waals surface area contributed by atoms with Crippen molar-refractivity contribution in [2.24, 2.45) is 0 Å². The summed E-state index contributed by atoms with van der Waals surface area (Å²) in [4.78, 5) is 24.7. The molecule has 0 aliphatic carbocycles. The maximum atomic E-state index is 12.5. The molecule has 3 N–H and O–H groups in total. The van der Waals surface area contributed by atoms with Crippen LogP contribution in [0.4, 0.5) is 0 Å². The van der Waals surface area contributed by atoms with E-state index < -0.39 is 12.1 Å². The van der Waals surface area contributed by atoms with E-state index in [1.807, 2.05) is 0 Å². The largest absolute Gasteiger partial charge is 0.466 e. The average Bonchev–Trinajstić information content (AvgIpc) is 3.46. The predicted molar refractivity (Wildman–Crippen MR) is 352 cm³/mol. The van der Waals surface area contributed by atoms with Crippen LogP contribution >= 0.6 is 0 Å². The van der Waals surface area contributed by atoms with Crippen LogP contribution in [0.1, 0.15) is 438 Å². The van der Waals surface area contributed by atoms with E-state index in [-0.39, 0.29) is 18.5 Å². The number of carbonyl (C=O) groups is 2. The van der Waals surface area contributed by atoms with Gasteiger partial charge >= 0.3 is 5.97 Å². The van der Waals surface area contributed by atoms with Crippen molar-refractivity contribution >= 4 is 11.9 Å². The Labute approximate surface area is 502 Å². The number of aliphatic hydroxyl groups excluding tert-OH is 2. The quantitative estimate of drug-likeness (QED) is 0.0417. The molecule has 0 fully saturated rings. The molecule has 6 nitrogen and oxygen atoms in total. The van der Waals surface area contributed by atoms with Gasteiger partial charge in [0.15, 0.2) is 0 Å². The molecule has 0 radical (unpaired) electrons. The lowest BCUT2D eigenvalue weighted by atomic mass is 10.0. The molecule has 0 aliphatic rings. The van der Waals surface area contributed by atoms with Gasteiger partial charge in [-0.3, -0.25) is 9.59 Å². The van der Waals surface area contributed by atoms with Crippen molar-refractivity contribution in [1.29, 1.82) is 0 Å². The third kappa shape index (κ3) is 66.0. The number of hydrogen-bond donors (Lipinski definition) is 3. The van der Waals surface area contributed by atoms with Crippen molar-refractivity contribution in [3.8, 4) is 0 Å². The average molecular weight is 1130 g/mol. The Hall–Kier alpha value is -1.14. The number of esters is 1. The zero-order valence-electron chi connectivity index (χ0n) is 54.9. The monoisotopic (exact) mass is 1130 g/mol. The summed E-state index contributed by atoms with van der Waals surface area (Å²) < 4.78 is 5.51. The van der Waals surface area contributed by atoms with E-state index in [9.17, 15) is 19.8 Å². The van der Waals surface area contributed by atoms with E-state index >= 15 is 0 Å². The van der Waals surface area contributed by atoms with Gasteiger partial charge < -0.3 is 20.3 Å². The Morgan fingerprint density at radius 2 is 0.512 bits per heavy atom. The number of carbonyl (C=O) groups excluding carboxylic acids is 2. The Bertz CT molecular complexity index is 1160. The zero-order chi connectivity index (χ0) is 57.8. The highest BCUT2D eigenvalue weighted by Crippen LogP contribution is 2.20. The van der Waals surface area contributed by atoms with E-state index in [0.29, 0.717) is 25.9 Å². The fourth-order valence-electron chi connectivity index (χ4n) is 12.2. The van der Waals surface area contributed by atoms with Crippen LogP contribution in [0.5, 0.6) is 0 Å². The van der Waals surface area contributed by atoms with Crippen LogP contribution in [0.2, 0.25) is 0 Å². The highest BCUT2D eigenvalue weighted by atomic mass is 16.5. The van der Waals surface area contributed by atoms with Crippen molar-refractivity contribution in [3.05, 3.63) is 0 Å². The molecule has 0 aromatic carbocycles. The molecule has 2 unspecified atom stereocenters. The lowest BCUT2D eigenvalue weighted by Crippen LogP contribution is -2.45. The van der Waals surface area contributed by atoms with Crippen molar-refractivity contribution in [3.63, 3.8) is 0 Å². The first kappa shape index (κ1) is 78.9. The molecule has 0 aromatic heterocycles. The minimum Gasteiger partial charge on any atom is -0.466 e. The maximum Gasteiger partial charge on any atom is 0.305 e. The van der Waals surface area contributed by atoms with Crippen LogP contribution in [0.15, 0.2) is 0 Å². The first-order valence-electron chi connectivity index (χ1n) is 37.3. The number of aliphatic hydroxyl groups is 2. The fraction of sp³-hybridized carbons (Fsp3) is 0.973. The molecule has 0 bridgehead atoms. The van der Waals surface area contributed by atoms with Gasteiger partial charge in [-0.25, -0.2) is 0 Å². The van der Waals surface area contributed by atoms with Crippen LogP contribution < -0.4 is 5.32 Å². The van der Waals surface area contributed by atoms with Crippen LogP contribution in [0, 0.1) is 0 Å². The normalized spacial score (nSPS) is 12.4. The number of hydrogen-bond acceptors (Lipinski definition) is 5. The Morgan fingerprint density at radius 3 is 0.762 bits per heavy atom. The molecule has 80 heavy (non-hydrogen) atoms. The summed E-state index contributed by atoms with van der Waals surface area (Å²) in [6.45, 7) is 5.01. The van der Waals surface area contributed by atoms with Crippen molar-refractivity contribution in [2.75, 3.05) is 13.2 Å². The molecule has 6 heteroatoms. The second-order valence-corrected chi connectivity index (χ2v) is 26.0. The van der Waals surface area contributed by atoms with Gasteiger partial charge in [-0.15, -0.1) is 0 Å². The molecule has 0 aliphatic heterocycles. The molecule has 0 aromatic rings. The summed E-state index contributed by atoms with van der Waals surface area (Å²) in [6, 6.07) is -0.539. The summed E-state index contributed by atoms with van der Waals surface area (Å²) in [6.07, 6.45) is 85.9. The second kappa shape index (κ2) is 70.3. The molecular formula is C74H147NO5. The summed E-state index contributed by atoms with van der Waals surface area (Å²) in [5.41, 5.74) is 0. The van der Waals surface area contributed by atoms with Crippen LogP contribution in [-0.4, -0.2) is 47.4 Å². The van der Waals surface area contributed by atoms with E-state index in [0.717, 1.165) is 38.5 Å². The van der Waals surface area contributed by atoms with Gasteiger partial charge in [0.25, 0.3) is 0 Å². The van der Waals surface area contributed by atoms with E-state index in [1.54, 1.807) is 0 Å². The number of nitrogens with one attached hydrogen (secondary N) is 1.